The highest BCUT2D eigenvalue weighted by atomic mass is 35.5. The Morgan fingerprint density at radius 2 is 1.78 bits per heavy atom. The van der Waals surface area contributed by atoms with Gasteiger partial charge in [0.1, 0.15) is 0 Å². The van der Waals surface area contributed by atoms with E-state index in [9.17, 15) is 18.0 Å². The predicted molar refractivity (Wildman–Crippen MR) is 82.9 cm³/mol. The van der Waals surface area contributed by atoms with Crippen LogP contribution < -0.4 is 0 Å². The van der Waals surface area contributed by atoms with E-state index in [0.717, 1.165) is 0 Å². The molecule has 0 saturated heterocycles. The quantitative estimate of drug-likeness (QED) is 0.523. The largest absolute Gasteiger partial charge is 0.464 e. The van der Waals surface area contributed by atoms with Crippen LogP contribution in [0.3, 0.4) is 0 Å². The first-order valence-electron chi connectivity index (χ1n) is 6.02. The summed E-state index contributed by atoms with van der Waals surface area (Å²) in [6.07, 6.45) is 0. The van der Waals surface area contributed by atoms with E-state index in [1.165, 1.54) is 37.4 Å². The molecule has 2 aromatic rings. The van der Waals surface area contributed by atoms with Crippen LogP contribution in [0.1, 0.15) is 10.5 Å². The standard InChI is InChI=1S/C14H8Cl2F3NO2S/c1-22-13(21)12-10(16)6-9(15)11(20-12)7-2-4-8(5-3-7)23-14(17,18)19/h2-6H,1H3. The lowest BCUT2D eigenvalue weighted by atomic mass is 10.1. The van der Waals surface area contributed by atoms with Gasteiger partial charge in [-0.25, -0.2) is 9.78 Å². The van der Waals surface area contributed by atoms with Gasteiger partial charge in [0.15, 0.2) is 5.69 Å². The molecule has 0 saturated carbocycles. The fourth-order valence-corrected chi connectivity index (χ4v) is 2.81. The maximum Gasteiger partial charge on any atom is 0.446 e. The zero-order valence-corrected chi connectivity index (χ0v) is 13.8. The minimum absolute atomic E-state index is 0.0230. The van der Waals surface area contributed by atoms with Gasteiger partial charge in [-0.1, -0.05) is 35.3 Å². The maximum atomic E-state index is 12.3. The van der Waals surface area contributed by atoms with E-state index < -0.39 is 11.5 Å². The van der Waals surface area contributed by atoms with Crippen molar-refractivity contribution < 1.29 is 22.7 Å². The number of benzene rings is 1. The molecule has 1 heterocycles. The van der Waals surface area contributed by atoms with E-state index in [0.29, 0.717) is 5.56 Å². The van der Waals surface area contributed by atoms with Crippen molar-refractivity contribution in [1.82, 2.24) is 4.98 Å². The molecule has 0 aliphatic rings. The van der Waals surface area contributed by atoms with Crippen LogP contribution in [0.4, 0.5) is 13.2 Å². The van der Waals surface area contributed by atoms with Crippen LogP contribution in [0, 0.1) is 0 Å². The first kappa shape index (κ1) is 17.9. The summed E-state index contributed by atoms with van der Waals surface area (Å²) >= 11 is 11.7. The number of esters is 1. The molecule has 0 unspecified atom stereocenters. The van der Waals surface area contributed by atoms with Crippen LogP contribution in [0.2, 0.25) is 10.0 Å². The predicted octanol–water partition coefficient (Wildman–Crippen LogP) is 5.45. The molecule has 0 aliphatic carbocycles. The third kappa shape index (κ3) is 4.53. The summed E-state index contributed by atoms with van der Waals surface area (Å²) in [6.45, 7) is 0. The SMILES string of the molecule is COC(=O)c1nc(-c2ccc(SC(F)(F)F)cc2)c(Cl)cc1Cl. The number of aromatic nitrogens is 1. The molecule has 122 valence electrons. The Morgan fingerprint density at radius 3 is 2.30 bits per heavy atom. The summed E-state index contributed by atoms with van der Waals surface area (Å²) < 4.78 is 41.5. The summed E-state index contributed by atoms with van der Waals surface area (Å²) in [6, 6.07) is 6.76. The van der Waals surface area contributed by atoms with Crippen molar-refractivity contribution in [3.05, 3.63) is 46.1 Å². The number of ether oxygens (including phenoxy) is 1. The highest BCUT2D eigenvalue weighted by molar-refractivity contribution is 8.00. The van der Waals surface area contributed by atoms with Gasteiger partial charge < -0.3 is 4.74 Å². The monoisotopic (exact) mass is 381 g/mol. The molecule has 0 fully saturated rings. The van der Waals surface area contributed by atoms with Crippen LogP contribution in [0.5, 0.6) is 0 Å². The van der Waals surface area contributed by atoms with Gasteiger partial charge >= 0.3 is 11.5 Å². The Bertz CT molecular complexity index is 736. The van der Waals surface area contributed by atoms with Crippen molar-refractivity contribution in [2.45, 2.75) is 10.4 Å². The van der Waals surface area contributed by atoms with Gasteiger partial charge in [-0.05, 0) is 30.0 Å². The van der Waals surface area contributed by atoms with E-state index in [1.54, 1.807) is 0 Å². The van der Waals surface area contributed by atoms with Crippen molar-refractivity contribution in [3.63, 3.8) is 0 Å². The molecule has 1 aromatic carbocycles. The van der Waals surface area contributed by atoms with Crippen LogP contribution >= 0.6 is 35.0 Å². The molecule has 0 N–H and O–H groups in total. The molecule has 0 amide bonds. The second kappa shape index (κ2) is 6.98. The van der Waals surface area contributed by atoms with Gasteiger partial charge in [-0.15, -0.1) is 0 Å². The minimum atomic E-state index is -4.37. The van der Waals surface area contributed by atoms with E-state index >= 15 is 0 Å². The lowest BCUT2D eigenvalue weighted by molar-refractivity contribution is -0.0328. The van der Waals surface area contributed by atoms with Crippen LogP contribution in [0.15, 0.2) is 35.2 Å². The molecule has 2 rings (SSSR count). The number of pyridine rings is 1. The molecule has 0 bridgehead atoms. The smallest absolute Gasteiger partial charge is 0.446 e. The first-order valence-corrected chi connectivity index (χ1v) is 7.59. The second-order valence-corrected chi connectivity index (χ2v) is 6.17. The summed E-state index contributed by atoms with van der Waals surface area (Å²) in [5.74, 6) is -0.739. The van der Waals surface area contributed by atoms with Crippen molar-refractivity contribution in [1.29, 1.82) is 0 Å². The van der Waals surface area contributed by atoms with E-state index in [-0.39, 0.29) is 38.1 Å². The number of carbonyl (C=O) groups is 1. The number of hydrogen-bond donors (Lipinski definition) is 0. The molecular formula is C14H8Cl2F3NO2S. The Hall–Kier alpha value is -1.44. The number of rotatable bonds is 3. The summed E-state index contributed by atoms with van der Waals surface area (Å²) in [5.41, 5.74) is -3.82. The molecule has 0 spiro atoms. The topological polar surface area (TPSA) is 39.2 Å². The number of hydrogen-bond acceptors (Lipinski definition) is 4. The summed E-state index contributed by atoms with van der Waals surface area (Å²) in [4.78, 5) is 15.7. The van der Waals surface area contributed by atoms with Crippen molar-refractivity contribution in [2.24, 2.45) is 0 Å². The van der Waals surface area contributed by atoms with E-state index in [1.807, 2.05) is 0 Å². The maximum absolute atomic E-state index is 12.3. The highest BCUT2D eigenvalue weighted by Crippen LogP contribution is 2.38. The molecule has 9 heteroatoms. The molecule has 1 aromatic heterocycles. The molecule has 0 atom stereocenters. The summed E-state index contributed by atoms with van der Waals surface area (Å²) in [7, 11) is 1.18. The van der Waals surface area contributed by atoms with Gasteiger partial charge in [0, 0.05) is 10.5 Å². The number of nitrogens with zero attached hydrogens (tertiary/aromatic N) is 1. The Balaban J connectivity index is 2.40. The summed E-state index contributed by atoms with van der Waals surface area (Å²) in [5, 5.41) is 0.189. The number of methoxy groups -OCH3 is 1. The molecule has 0 radical (unpaired) electrons. The lowest BCUT2D eigenvalue weighted by Crippen LogP contribution is -2.06. The van der Waals surface area contributed by atoms with Crippen molar-refractivity contribution >= 4 is 40.9 Å². The molecule has 3 nitrogen and oxygen atoms in total. The molecular weight excluding hydrogens is 374 g/mol. The average Bonchev–Trinajstić information content (AvgIpc) is 2.46. The van der Waals surface area contributed by atoms with Crippen molar-refractivity contribution in [3.8, 4) is 11.3 Å². The second-order valence-electron chi connectivity index (χ2n) is 4.21. The van der Waals surface area contributed by atoms with Crippen LogP contribution in [-0.2, 0) is 4.74 Å². The Kier molecular flexibility index (Phi) is 5.44. The first-order chi connectivity index (χ1) is 10.7. The molecule has 0 aliphatic heterocycles. The minimum Gasteiger partial charge on any atom is -0.464 e. The van der Waals surface area contributed by atoms with E-state index in [2.05, 4.69) is 9.72 Å². The fourth-order valence-electron chi connectivity index (χ4n) is 1.72. The molecule has 23 heavy (non-hydrogen) atoms. The number of alkyl halides is 3. The fraction of sp³-hybridized carbons (Fsp3) is 0.143. The zero-order chi connectivity index (χ0) is 17.2. The third-order valence-electron chi connectivity index (χ3n) is 2.67. The number of halogens is 5. The van der Waals surface area contributed by atoms with Crippen LogP contribution in [0.25, 0.3) is 11.3 Å². The highest BCUT2D eigenvalue weighted by Gasteiger charge is 2.29. The average molecular weight is 382 g/mol. The third-order valence-corrected chi connectivity index (χ3v) is 3.99. The lowest BCUT2D eigenvalue weighted by Gasteiger charge is -2.09. The number of carbonyl (C=O) groups excluding carboxylic acids is 1. The van der Waals surface area contributed by atoms with Gasteiger partial charge in [0.2, 0.25) is 0 Å². The van der Waals surface area contributed by atoms with Gasteiger partial charge in [0.25, 0.3) is 0 Å². The van der Waals surface area contributed by atoms with Gasteiger partial charge in [0.05, 0.1) is 22.8 Å². The zero-order valence-electron chi connectivity index (χ0n) is 11.4. The van der Waals surface area contributed by atoms with Gasteiger partial charge in [-0.2, -0.15) is 13.2 Å². The van der Waals surface area contributed by atoms with Gasteiger partial charge in [-0.3, -0.25) is 0 Å². The Morgan fingerprint density at radius 1 is 1.17 bits per heavy atom. The Labute approximate surface area is 143 Å². The normalized spacial score (nSPS) is 11.4. The van der Waals surface area contributed by atoms with E-state index in [4.69, 9.17) is 23.2 Å². The van der Waals surface area contributed by atoms with Crippen molar-refractivity contribution in [2.75, 3.05) is 7.11 Å². The van der Waals surface area contributed by atoms with Crippen LogP contribution in [-0.4, -0.2) is 23.6 Å². The number of thioether (sulfide) groups is 1.